The predicted molar refractivity (Wildman–Crippen MR) is 86.4 cm³/mol. The molecule has 1 aromatic heterocycles. The van der Waals surface area contributed by atoms with Gasteiger partial charge in [0.2, 0.25) is 0 Å². The molecule has 1 unspecified atom stereocenters. The molecule has 2 fully saturated rings. The van der Waals surface area contributed by atoms with Gasteiger partial charge in [-0.25, -0.2) is 4.98 Å². The van der Waals surface area contributed by atoms with Crippen LogP contribution in [-0.2, 0) is 5.92 Å². The number of ether oxygens (including phenoxy) is 1. The van der Waals surface area contributed by atoms with Crippen molar-refractivity contribution in [2.24, 2.45) is 11.3 Å². The zero-order chi connectivity index (χ0) is 16.9. The lowest BCUT2D eigenvalue weighted by molar-refractivity contribution is -0.0216. The number of H-pyrrole nitrogens is 1. The number of methoxy groups -OCH3 is 1. The van der Waals surface area contributed by atoms with Gasteiger partial charge in [-0.2, -0.15) is 8.78 Å². The Morgan fingerprint density at radius 2 is 2.21 bits per heavy atom. The number of benzene rings is 1. The van der Waals surface area contributed by atoms with E-state index in [1.165, 1.54) is 26.4 Å². The Bertz CT molecular complexity index is 843. The van der Waals surface area contributed by atoms with Crippen molar-refractivity contribution in [3.05, 3.63) is 34.2 Å². The topological polar surface area (TPSA) is 55.0 Å². The molecule has 0 amide bonds. The average molecular weight is 334 g/mol. The van der Waals surface area contributed by atoms with Gasteiger partial charge in [0.1, 0.15) is 5.75 Å². The number of hydrogen-bond acceptors (Lipinski definition) is 3. The minimum atomic E-state index is -3.20. The van der Waals surface area contributed by atoms with Crippen LogP contribution < -0.4 is 10.3 Å². The minimum absolute atomic E-state index is 0.322. The molecule has 2 aliphatic rings. The van der Waals surface area contributed by atoms with Crippen LogP contribution in [0.4, 0.5) is 8.78 Å². The first-order valence-electron chi connectivity index (χ1n) is 8.40. The molecule has 2 aliphatic carbocycles. The van der Waals surface area contributed by atoms with E-state index in [9.17, 15) is 13.6 Å². The number of rotatable bonds is 6. The molecule has 1 heterocycles. The summed E-state index contributed by atoms with van der Waals surface area (Å²) in [4.78, 5) is 18.5. The second kappa shape index (κ2) is 5.26. The molecule has 0 radical (unpaired) electrons. The molecule has 0 aliphatic heterocycles. The summed E-state index contributed by atoms with van der Waals surface area (Å²) in [5.41, 5.74) is -0.243. The summed E-state index contributed by atoms with van der Waals surface area (Å²) in [7, 11) is 1.50. The fraction of sp³-hybridized carbons (Fsp3) is 0.556. The molecule has 1 aromatic carbocycles. The third-order valence-electron chi connectivity index (χ3n) is 5.54. The lowest BCUT2D eigenvalue weighted by Crippen LogP contribution is -2.27. The number of nitrogens with zero attached hydrogens (tertiary/aromatic N) is 1. The summed E-state index contributed by atoms with van der Waals surface area (Å²) in [6.45, 7) is 0. The van der Waals surface area contributed by atoms with E-state index in [4.69, 9.17) is 4.74 Å². The number of hydrogen-bond donors (Lipinski definition) is 1. The van der Waals surface area contributed by atoms with Gasteiger partial charge < -0.3 is 9.72 Å². The average Bonchev–Trinajstić information content (AvgIpc) is 3.46. The Morgan fingerprint density at radius 1 is 1.42 bits per heavy atom. The first-order chi connectivity index (χ1) is 11.4. The maximum atomic E-state index is 14.5. The van der Waals surface area contributed by atoms with E-state index in [0.29, 0.717) is 34.5 Å². The largest absolute Gasteiger partial charge is 0.497 e. The van der Waals surface area contributed by atoms with Gasteiger partial charge >= 0.3 is 0 Å². The second-order valence-electron chi connectivity index (χ2n) is 7.16. The fourth-order valence-electron chi connectivity index (χ4n) is 3.74. The maximum absolute atomic E-state index is 14.5. The number of aromatic amines is 1. The van der Waals surface area contributed by atoms with E-state index in [1.54, 1.807) is 18.2 Å². The van der Waals surface area contributed by atoms with Gasteiger partial charge in [-0.05, 0) is 55.6 Å². The van der Waals surface area contributed by atoms with Gasteiger partial charge in [0.25, 0.3) is 11.5 Å². The van der Waals surface area contributed by atoms with Gasteiger partial charge in [0.05, 0.1) is 18.1 Å². The number of alkyl halides is 2. The van der Waals surface area contributed by atoms with E-state index < -0.39 is 17.2 Å². The highest BCUT2D eigenvalue weighted by atomic mass is 19.3. The van der Waals surface area contributed by atoms with Crippen molar-refractivity contribution in [2.45, 2.75) is 44.4 Å². The van der Waals surface area contributed by atoms with Crippen LogP contribution in [0.5, 0.6) is 5.75 Å². The van der Waals surface area contributed by atoms with Gasteiger partial charge in [0, 0.05) is 12.5 Å². The first-order valence-corrected chi connectivity index (χ1v) is 8.40. The van der Waals surface area contributed by atoms with Gasteiger partial charge in [0.15, 0.2) is 5.69 Å². The van der Waals surface area contributed by atoms with Crippen molar-refractivity contribution < 1.29 is 13.5 Å². The highest BCUT2D eigenvalue weighted by Gasteiger charge is 2.61. The van der Waals surface area contributed by atoms with Crippen molar-refractivity contribution in [3.63, 3.8) is 0 Å². The van der Waals surface area contributed by atoms with Crippen molar-refractivity contribution >= 4 is 11.0 Å². The standard InChI is InChI=1S/C18H20F2N2O2/c1-24-12-4-5-13-14(9-12)22-16(23)15(21-13)18(19,20)6-2-3-11-10-17(11)7-8-17/h4-5,9,11H,2-3,6-8,10H2,1H3,(H,22,23). The molecule has 4 nitrogen and oxygen atoms in total. The summed E-state index contributed by atoms with van der Waals surface area (Å²) in [5, 5.41) is 0. The molecule has 2 saturated carbocycles. The van der Waals surface area contributed by atoms with Gasteiger partial charge in [-0.15, -0.1) is 0 Å². The van der Waals surface area contributed by atoms with E-state index >= 15 is 0 Å². The van der Waals surface area contributed by atoms with Gasteiger partial charge in [-0.3, -0.25) is 4.79 Å². The summed E-state index contributed by atoms with van der Waals surface area (Å²) in [5.74, 6) is -2.03. The molecule has 1 spiro atoms. The monoisotopic (exact) mass is 334 g/mol. The van der Waals surface area contributed by atoms with Crippen LogP contribution in [0.3, 0.4) is 0 Å². The number of fused-ring (bicyclic) bond motifs is 1. The predicted octanol–water partition coefficient (Wildman–Crippen LogP) is 3.99. The van der Waals surface area contributed by atoms with E-state index in [2.05, 4.69) is 9.97 Å². The van der Waals surface area contributed by atoms with E-state index in [1.807, 2.05) is 0 Å². The second-order valence-corrected chi connectivity index (χ2v) is 7.16. The van der Waals surface area contributed by atoms with Crippen LogP contribution in [0.25, 0.3) is 11.0 Å². The van der Waals surface area contributed by atoms with Crippen LogP contribution in [0, 0.1) is 11.3 Å². The minimum Gasteiger partial charge on any atom is -0.497 e. The molecule has 4 rings (SSSR count). The van der Waals surface area contributed by atoms with Crippen LogP contribution in [-0.4, -0.2) is 17.1 Å². The molecule has 0 saturated heterocycles. The smallest absolute Gasteiger partial charge is 0.295 e. The van der Waals surface area contributed by atoms with Crippen molar-refractivity contribution in [3.8, 4) is 5.75 Å². The highest BCUT2D eigenvalue weighted by Crippen LogP contribution is 2.72. The SMILES string of the molecule is COc1ccc2nc(C(F)(F)CCCC3CC34CC4)c(=O)[nH]c2c1. The molecule has 6 heteroatoms. The van der Waals surface area contributed by atoms with Gasteiger partial charge in [-0.1, -0.05) is 0 Å². The lowest BCUT2D eigenvalue weighted by Gasteiger charge is -2.15. The summed E-state index contributed by atoms with van der Waals surface area (Å²) >= 11 is 0. The summed E-state index contributed by atoms with van der Waals surface area (Å²) in [6.07, 6.45) is 4.68. The Kier molecular flexibility index (Phi) is 3.41. The molecule has 2 aromatic rings. The normalized spacial score (nSPS) is 21.2. The molecule has 24 heavy (non-hydrogen) atoms. The first kappa shape index (κ1) is 15.5. The Morgan fingerprint density at radius 3 is 2.88 bits per heavy atom. The van der Waals surface area contributed by atoms with Crippen molar-refractivity contribution in [2.75, 3.05) is 7.11 Å². The molecular formula is C18H20F2N2O2. The summed E-state index contributed by atoms with van der Waals surface area (Å²) in [6, 6.07) is 4.79. The van der Waals surface area contributed by atoms with E-state index in [-0.39, 0.29) is 6.42 Å². The third kappa shape index (κ3) is 2.68. The Hall–Kier alpha value is -1.98. The Balaban J connectivity index is 1.52. The van der Waals surface area contributed by atoms with Crippen LogP contribution >= 0.6 is 0 Å². The molecule has 0 bridgehead atoms. The van der Waals surface area contributed by atoms with Crippen LogP contribution in [0.15, 0.2) is 23.0 Å². The zero-order valence-corrected chi connectivity index (χ0v) is 13.6. The maximum Gasteiger partial charge on any atom is 0.295 e. The lowest BCUT2D eigenvalue weighted by atomic mass is 10.0. The number of aromatic nitrogens is 2. The fourth-order valence-corrected chi connectivity index (χ4v) is 3.74. The molecule has 1 atom stereocenters. The molecule has 1 N–H and O–H groups in total. The van der Waals surface area contributed by atoms with Crippen LogP contribution in [0.2, 0.25) is 0 Å². The highest BCUT2D eigenvalue weighted by molar-refractivity contribution is 5.75. The zero-order valence-electron chi connectivity index (χ0n) is 13.6. The summed E-state index contributed by atoms with van der Waals surface area (Å²) < 4.78 is 34.0. The molecule has 128 valence electrons. The van der Waals surface area contributed by atoms with Crippen molar-refractivity contribution in [1.82, 2.24) is 9.97 Å². The Labute approximate surface area is 138 Å². The third-order valence-corrected chi connectivity index (χ3v) is 5.54. The van der Waals surface area contributed by atoms with Crippen LogP contribution in [0.1, 0.15) is 44.2 Å². The number of nitrogens with one attached hydrogen (secondary N) is 1. The number of halogens is 2. The van der Waals surface area contributed by atoms with E-state index in [0.717, 1.165) is 6.42 Å². The molecular weight excluding hydrogens is 314 g/mol. The quantitative estimate of drug-likeness (QED) is 0.869. The van der Waals surface area contributed by atoms with Crippen molar-refractivity contribution in [1.29, 1.82) is 0 Å².